The van der Waals surface area contributed by atoms with Crippen molar-refractivity contribution in [3.8, 4) is 11.5 Å². The summed E-state index contributed by atoms with van der Waals surface area (Å²) < 4.78 is 0. The summed E-state index contributed by atoms with van der Waals surface area (Å²) >= 11 is 1.63. The zero-order chi connectivity index (χ0) is 14.0. The SMILES string of the molecule is Cc1ccc(CN(C)C(=O)c2cccc(O)c2O)s1. The number of hydrogen-bond acceptors (Lipinski definition) is 4. The third-order valence-electron chi connectivity index (χ3n) is 2.78. The molecule has 19 heavy (non-hydrogen) atoms. The number of hydrogen-bond donors (Lipinski definition) is 2. The molecule has 0 spiro atoms. The molecule has 0 bridgehead atoms. The second kappa shape index (κ2) is 5.32. The number of thiophene rings is 1. The van der Waals surface area contributed by atoms with Crippen LogP contribution in [0.25, 0.3) is 0 Å². The lowest BCUT2D eigenvalue weighted by atomic mass is 10.1. The normalized spacial score (nSPS) is 10.4. The van der Waals surface area contributed by atoms with Crippen molar-refractivity contribution in [3.05, 3.63) is 45.6 Å². The molecule has 2 N–H and O–H groups in total. The van der Waals surface area contributed by atoms with Gasteiger partial charge in [-0.15, -0.1) is 11.3 Å². The van der Waals surface area contributed by atoms with E-state index in [1.54, 1.807) is 18.4 Å². The molecule has 0 aliphatic carbocycles. The quantitative estimate of drug-likeness (QED) is 0.848. The average Bonchev–Trinajstić information content (AvgIpc) is 2.77. The Morgan fingerprint density at radius 2 is 2.00 bits per heavy atom. The van der Waals surface area contributed by atoms with Gasteiger partial charge in [-0.05, 0) is 31.2 Å². The maximum Gasteiger partial charge on any atom is 0.257 e. The summed E-state index contributed by atoms with van der Waals surface area (Å²) in [6.07, 6.45) is 0. The Hall–Kier alpha value is -2.01. The Balaban J connectivity index is 2.17. The van der Waals surface area contributed by atoms with Crippen LogP contribution in [0.4, 0.5) is 0 Å². The first-order chi connectivity index (χ1) is 8.99. The Bertz CT molecular complexity index is 606. The highest BCUT2D eigenvalue weighted by Crippen LogP contribution is 2.29. The van der Waals surface area contributed by atoms with Crippen LogP contribution in [0.1, 0.15) is 20.1 Å². The smallest absolute Gasteiger partial charge is 0.257 e. The zero-order valence-corrected chi connectivity index (χ0v) is 11.6. The second-order valence-corrected chi connectivity index (χ2v) is 5.72. The molecule has 100 valence electrons. The van der Waals surface area contributed by atoms with Crippen LogP contribution < -0.4 is 0 Å². The lowest BCUT2D eigenvalue weighted by Gasteiger charge is -2.17. The molecule has 1 aromatic carbocycles. The Labute approximate surface area is 115 Å². The number of aromatic hydroxyl groups is 2. The van der Waals surface area contributed by atoms with Crippen molar-refractivity contribution in [1.82, 2.24) is 4.90 Å². The van der Waals surface area contributed by atoms with Crippen LogP contribution in [0, 0.1) is 6.92 Å². The molecule has 0 aliphatic rings. The zero-order valence-electron chi connectivity index (χ0n) is 10.8. The number of nitrogens with zero attached hydrogens (tertiary/aromatic N) is 1. The van der Waals surface area contributed by atoms with Gasteiger partial charge < -0.3 is 15.1 Å². The van der Waals surface area contributed by atoms with E-state index in [4.69, 9.17) is 0 Å². The Kier molecular flexibility index (Phi) is 3.76. The molecule has 0 saturated heterocycles. The van der Waals surface area contributed by atoms with Gasteiger partial charge in [0.25, 0.3) is 5.91 Å². The topological polar surface area (TPSA) is 60.8 Å². The summed E-state index contributed by atoms with van der Waals surface area (Å²) in [4.78, 5) is 16.0. The lowest BCUT2D eigenvalue weighted by molar-refractivity contribution is 0.0782. The first kappa shape index (κ1) is 13.4. The van der Waals surface area contributed by atoms with Crippen molar-refractivity contribution < 1.29 is 15.0 Å². The minimum absolute atomic E-state index is 0.107. The molecular formula is C14H15NO3S. The van der Waals surface area contributed by atoms with Crippen LogP contribution in [-0.2, 0) is 6.54 Å². The van der Waals surface area contributed by atoms with E-state index in [-0.39, 0.29) is 23.0 Å². The predicted octanol–water partition coefficient (Wildman–Crippen LogP) is 2.74. The lowest BCUT2D eigenvalue weighted by Crippen LogP contribution is -2.25. The van der Waals surface area contributed by atoms with E-state index in [1.807, 2.05) is 19.1 Å². The van der Waals surface area contributed by atoms with Gasteiger partial charge in [-0.1, -0.05) is 6.07 Å². The first-order valence-electron chi connectivity index (χ1n) is 5.80. The fourth-order valence-electron chi connectivity index (χ4n) is 1.79. The number of aryl methyl sites for hydroxylation is 1. The van der Waals surface area contributed by atoms with Gasteiger partial charge in [0, 0.05) is 16.8 Å². The number of rotatable bonds is 3. The van der Waals surface area contributed by atoms with E-state index in [9.17, 15) is 15.0 Å². The summed E-state index contributed by atoms with van der Waals surface area (Å²) in [5.41, 5.74) is 0.107. The summed E-state index contributed by atoms with van der Waals surface area (Å²) in [5.74, 6) is -0.979. The van der Waals surface area contributed by atoms with Gasteiger partial charge in [0.05, 0.1) is 12.1 Å². The molecule has 4 nitrogen and oxygen atoms in total. The molecule has 0 unspecified atom stereocenters. The molecule has 1 heterocycles. The molecule has 0 atom stereocenters. The average molecular weight is 277 g/mol. The number of benzene rings is 1. The van der Waals surface area contributed by atoms with Gasteiger partial charge in [0.15, 0.2) is 11.5 Å². The summed E-state index contributed by atoms with van der Waals surface area (Å²) in [7, 11) is 1.67. The van der Waals surface area contributed by atoms with Crippen molar-refractivity contribution in [2.45, 2.75) is 13.5 Å². The minimum Gasteiger partial charge on any atom is -0.504 e. The summed E-state index contributed by atoms with van der Waals surface area (Å²) in [5, 5.41) is 19.1. The highest BCUT2D eigenvalue weighted by molar-refractivity contribution is 7.11. The molecule has 1 aromatic heterocycles. The minimum atomic E-state index is -0.373. The van der Waals surface area contributed by atoms with E-state index in [0.29, 0.717) is 6.54 Å². The van der Waals surface area contributed by atoms with Crippen LogP contribution >= 0.6 is 11.3 Å². The van der Waals surface area contributed by atoms with Crippen LogP contribution in [0.15, 0.2) is 30.3 Å². The third-order valence-corrected chi connectivity index (χ3v) is 3.77. The fraction of sp³-hybridized carbons (Fsp3) is 0.214. The first-order valence-corrected chi connectivity index (χ1v) is 6.62. The van der Waals surface area contributed by atoms with Crippen LogP contribution in [0.2, 0.25) is 0 Å². The van der Waals surface area contributed by atoms with Gasteiger partial charge in [0.1, 0.15) is 0 Å². The monoisotopic (exact) mass is 277 g/mol. The van der Waals surface area contributed by atoms with Crippen LogP contribution in [0.5, 0.6) is 11.5 Å². The van der Waals surface area contributed by atoms with Crippen molar-refractivity contribution >= 4 is 17.2 Å². The van der Waals surface area contributed by atoms with E-state index in [2.05, 4.69) is 0 Å². The van der Waals surface area contributed by atoms with Crippen LogP contribution in [-0.4, -0.2) is 28.1 Å². The Morgan fingerprint density at radius 3 is 2.63 bits per heavy atom. The van der Waals surface area contributed by atoms with Crippen LogP contribution in [0.3, 0.4) is 0 Å². The maximum atomic E-state index is 12.2. The van der Waals surface area contributed by atoms with E-state index in [0.717, 1.165) is 4.88 Å². The van der Waals surface area contributed by atoms with Gasteiger partial charge in [-0.25, -0.2) is 0 Å². The number of phenols is 2. The third kappa shape index (κ3) is 2.88. The van der Waals surface area contributed by atoms with E-state index < -0.39 is 0 Å². The number of phenolic OH excluding ortho intramolecular Hbond substituents is 2. The number of carbonyl (C=O) groups excluding carboxylic acids is 1. The Morgan fingerprint density at radius 1 is 1.26 bits per heavy atom. The van der Waals surface area contributed by atoms with Crippen molar-refractivity contribution in [1.29, 1.82) is 0 Å². The second-order valence-electron chi connectivity index (χ2n) is 4.35. The van der Waals surface area contributed by atoms with Crippen molar-refractivity contribution in [2.75, 3.05) is 7.05 Å². The van der Waals surface area contributed by atoms with Gasteiger partial charge in [-0.2, -0.15) is 0 Å². The number of para-hydroxylation sites is 1. The molecule has 0 radical (unpaired) electrons. The molecule has 2 aromatic rings. The highest BCUT2D eigenvalue weighted by Gasteiger charge is 2.18. The molecule has 0 aliphatic heterocycles. The number of carbonyl (C=O) groups is 1. The molecule has 1 amide bonds. The molecular weight excluding hydrogens is 262 g/mol. The maximum absolute atomic E-state index is 12.2. The summed E-state index contributed by atoms with van der Waals surface area (Å²) in [6.45, 7) is 2.49. The predicted molar refractivity (Wildman–Crippen MR) is 74.6 cm³/mol. The molecule has 0 saturated carbocycles. The van der Waals surface area contributed by atoms with Crippen molar-refractivity contribution in [2.24, 2.45) is 0 Å². The fourth-order valence-corrected chi connectivity index (χ4v) is 2.73. The van der Waals surface area contributed by atoms with E-state index in [1.165, 1.54) is 28.0 Å². The van der Waals surface area contributed by atoms with Crippen molar-refractivity contribution in [3.63, 3.8) is 0 Å². The van der Waals surface area contributed by atoms with Gasteiger partial charge in [0.2, 0.25) is 0 Å². The van der Waals surface area contributed by atoms with Gasteiger partial charge in [-0.3, -0.25) is 4.79 Å². The standard InChI is InChI=1S/C14H15NO3S/c1-9-6-7-10(19-9)8-15(2)14(18)11-4-3-5-12(16)13(11)17/h3-7,16-17H,8H2,1-2H3. The molecule has 0 fully saturated rings. The largest absolute Gasteiger partial charge is 0.504 e. The summed E-state index contributed by atoms with van der Waals surface area (Å²) in [6, 6.07) is 8.35. The molecule has 5 heteroatoms. The highest BCUT2D eigenvalue weighted by atomic mass is 32.1. The number of amides is 1. The van der Waals surface area contributed by atoms with E-state index >= 15 is 0 Å². The van der Waals surface area contributed by atoms with Gasteiger partial charge >= 0.3 is 0 Å². The molecule has 2 rings (SSSR count).